The molecule has 0 radical (unpaired) electrons. The lowest BCUT2D eigenvalue weighted by Crippen LogP contribution is -2.26. The van der Waals surface area contributed by atoms with Gasteiger partial charge in [0.2, 0.25) is 0 Å². The molecule has 1 heterocycles. The minimum Gasteiger partial charge on any atom is -0.502 e. The monoisotopic (exact) mass is 281 g/mol. The Balaban J connectivity index is 1.80. The Morgan fingerprint density at radius 3 is 2.29 bits per heavy atom. The third kappa shape index (κ3) is 2.93. The molecule has 108 valence electrons. The zero-order valence-corrected chi connectivity index (χ0v) is 11.9. The summed E-state index contributed by atoms with van der Waals surface area (Å²) in [6.07, 6.45) is 2.42. The summed E-state index contributed by atoms with van der Waals surface area (Å²) in [6.45, 7) is 5.11. The third-order valence-electron chi connectivity index (χ3n) is 3.59. The molecule has 3 rings (SSSR count). The fourth-order valence-corrected chi connectivity index (χ4v) is 2.62. The highest BCUT2D eigenvalue weighted by atomic mass is 16.5. The van der Waals surface area contributed by atoms with E-state index in [0.29, 0.717) is 6.61 Å². The van der Waals surface area contributed by atoms with E-state index < -0.39 is 0 Å². The molecule has 0 bridgehead atoms. The zero-order valence-electron chi connectivity index (χ0n) is 11.9. The van der Waals surface area contributed by atoms with Crippen molar-refractivity contribution in [3.05, 3.63) is 72.5 Å². The highest BCUT2D eigenvalue weighted by molar-refractivity contribution is 5.52. The van der Waals surface area contributed by atoms with E-state index >= 15 is 0 Å². The topological polar surface area (TPSA) is 30.5 Å². The van der Waals surface area contributed by atoms with Gasteiger partial charge in [-0.05, 0) is 25.1 Å². The van der Waals surface area contributed by atoms with Crippen molar-refractivity contribution in [3.8, 4) is 11.5 Å². The van der Waals surface area contributed by atoms with Crippen molar-refractivity contribution < 1.29 is 9.47 Å². The van der Waals surface area contributed by atoms with Crippen molar-refractivity contribution in [2.45, 2.75) is 12.5 Å². The molecule has 2 aromatic rings. The van der Waals surface area contributed by atoms with Crippen LogP contribution < -0.4 is 10.1 Å². The van der Waals surface area contributed by atoms with Crippen LogP contribution >= 0.6 is 0 Å². The molecular weight excluding hydrogens is 262 g/mol. The van der Waals surface area contributed by atoms with Crippen LogP contribution in [0.4, 0.5) is 0 Å². The summed E-state index contributed by atoms with van der Waals surface area (Å²) >= 11 is 0. The average molecular weight is 281 g/mol. The number of hydrogen-bond acceptors (Lipinski definition) is 3. The van der Waals surface area contributed by atoms with E-state index in [0.717, 1.165) is 24.5 Å². The minimum absolute atomic E-state index is 0.162. The molecule has 0 saturated heterocycles. The molecule has 3 nitrogen and oxygen atoms in total. The van der Waals surface area contributed by atoms with Crippen molar-refractivity contribution >= 4 is 0 Å². The molecule has 2 aromatic carbocycles. The van der Waals surface area contributed by atoms with Crippen molar-refractivity contribution in [1.82, 2.24) is 5.32 Å². The molecule has 1 aliphatic heterocycles. The van der Waals surface area contributed by atoms with Crippen LogP contribution in [0.2, 0.25) is 0 Å². The number of fused-ring (bicyclic) bond motifs is 2. The summed E-state index contributed by atoms with van der Waals surface area (Å²) < 4.78 is 11.1. The number of nitrogens with one attached hydrogen (secondary N) is 1. The predicted octanol–water partition coefficient (Wildman–Crippen LogP) is 4.02. The quantitative estimate of drug-likeness (QED) is 0.640. The van der Waals surface area contributed by atoms with E-state index in [9.17, 15) is 0 Å². The van der Waals surface area contributed by atoms with E-state index in [1.54, 1.807) is 0 Å². The summed E-state index contributed by atoms with van der Waals surface area (Å²) in [6, 6.07) is 16.5. The van der Waals surface area contributed by atoms with E-state index in [1.807, 2.05) is 36.4 Å². The third-order valence-corrected chi connectivity index (χ3v) is 3.59. The molecule has 0 atom stereocenters. The lowest BCUT2D eigenvalue weighted by Gasteiger charge is -2.29. The molecule has 1 aliphatic rings. The normalized spacial score (nSPS) is 13.0. The van der Waals surface area contributed by atoms with Gasteiger partial charge >= 0.3 is 0 Å². The Bertz CT molecular complexity index is 579. The van der Waals surface area contributed by atoms with Crippen molar-refractivity contribution in [3.63, 3.8) is 0 Å². The maximum Gasteiger partial charge on any atom is 0.132 e. The Labute approximate surface area is 125 Å². The van der Waals surface area contributed by atoms with Gasteiger partial charge in [-0.1, -0.05) is 43.0 Å². The van der Waals surface area contributed by atoms with Gasteiger partial charge in [-0.25, -0.2) is 0 Å². The molecule has 0 aromatic heterocycles. The lowest BCUT2D eigenvalue weighted by molar-refractivity contribution is 0.243. The fourth-order valence-electron chi connectivity index (χ4n) is 2.62. The van der Waals surface area contributed by atoms with Crippen molar-refractivity contribution in [2.75, 3.05) is 13.2 Å². The second kappa shape index (κ2) is 6.46. The van der Waals surface area contributed by atoms with Gasteiger partial charge < -0.3 is 14.8 Å². The zero-order chi connectivity index (χ0) is 14.5. The van der Waals surface area contributed by atoms with Gasteiger partial charge in [-0.2, -0.15) is 0 Å². The second-order valence-electron chi connectivity index (χ2n) is 4.96. The lowest BCUT2D eigenvalue weighted by atomic mass is 9.94. The van der Waals surface area contributed by atoms with Crippen LogP contribution in [0.1, 0.15) is 23.6 Å². The van der Waals surface area contributed by atoms with E-state index in [1.165, 1.54) is 17.4 Å². The molecule has 21 heavy (non-hydrogen) atoms. The molecule has 1 N–H and O–H groups in total. The maximum absolute atomic E-state index is 5.97. The highest BCUT2D eigenvalue weighted by Gasteiger charge is 2.25. The Morgan fingerprint density at radius 2 is 1.67 bits per heavy atom. The van der Waals surface area contributed by atoms with Crippen LogP contribution in [0, 0.1) is 0 Å². The minimum atomic E-state index is 0.162. The highest BCUT2D eigenvalue weighted by Crippen LogP contribution is 2.42. The van der Waals surface area contributed by atoms with Gasteiger partial charge in [0.05, 0.1) is 18.9 Å². The van der Waals surface area contributed by atoms with Crippen molar-refractivity contribution in [1.29, 1.82) is 0 Å². The number of para-hydroxylation sites is 2. The summed E-state index contributed by atoms with van der Waals surface area (Å²) in [7, 11) is 0. The molecule has 3 heteroatoms. The fraction of sp³-hybridized carbons (Fsp3) is 0.222. The smallest absolute Gasteiger partial charge is 0.132 e. The maximum atomic E-state index is 5.97. The van der Waals surface area contributed by atoms with Crippen molar-refractivity contribution in [2.24, 2.45) is 0 Å². The summed E-state index contributed by atoms with van der Waals surface area (Å²) in [5.74, 6) is 1.85. The Hall–Kier alpha value is -2.26. The number of benzene rings is 2. The van der Waals surface area contributed by atoms with Crippen LogP contribution in [0.5, 0.6) is 11.5 Å². The molecule has 0 amide bonds. The first-order valence-electron chi connectivity index (χ1n) is 7.22. The first-order valence-corrected chi connectivity index (χ1v) is 7.22. The first kappa shape index (κ1) is 13.7. The molecule has 0 saturated carbocycles. The van der Waals surface area contributed by atoms with Gasteiger partial charge in [-0.15, -0.1) is 0 Å². The van der Waals surface area contributed by atoms with Gasteiger partial charge in [0.25, 0.3) is 0 Å². The van der Waals surface area contributed by atoms with Crippen LogP contribution in [0.15, 0.2) is 61.4 Å². The summed E-state index contributed by atoms with van der Waals surface area (Å²) in [5, 5.41) is 3.60. The largest absolute Gasteiger partial charge is 0.502 e. The standard InChI is InChI=1S/C18H19NO2/c1-2-20-13-7-12-19-18-14-8-3-5-10-16(14)21-17-11-6-4-9-15(17)18/h2-6,8-11,18-19H,1,7,12-13H2. The van der Waals surface area contributed by atoms with Gasteiger partial charge in [0, 0.05) is 11.1 Å². The molecule has 0 fully saturated rings. The van der Waals surface area contributed by atoms with Crippen LogP contribution in [-0.4, -0.2) is 13.2 Å². The summed E-state index contributed by atoms with van der Waals surface area (Å²) in [5.41, 5.74) is 2.36. The Morgan fingerprint density at radius 1 is 1.05 bits per heavy atom. The van der Waals surface area contributed by atoms with E-state index in [4.69, 9.17) is 9.47 Å². The number of hydrogen-bond donors (Lipinski definition) is 1. The second-order valence-corrected chi connectivity index (χ2v) is 4.96. The van der Waals surface area contributed by atoms with Gasteiger partial charge in [0.1, 0.15) is 11.5 Å². The predicted molar refractivity (Wildman–Crippen MR) is 83.6 cm³/mol. The molecule has 0 aliphatic carbocycles. The van der Waals surface area contributed by atoms with Crippen LogP contribution in [0.3, 0.4) is 0 Å². The first-order chi connectivity index (χ1) is 10.4. The van der Waals surface area contributed by atoms with Gasteiger partial charge in [0.15, 0.2) is 0 Å². The molecule has 0 spiro atoms. The summed E-state index contributed by atoms with van der Waals surface area (Å²) in [4.78, 5) is 0. The Kier molecular flexibility index (Phi) is 4.22. The van der Waals surface area contributed by atoms with Crippen LogP contribution in [0.25, 0.3) is 0 Å². The molecular formula is C18H19NO2. The van der Waals surface area contributed by atoms with E-state index in [2.05, 4.69) is 24.0 Å². The number of rotatable bonds is 6. The van der Waals surface area contributed by atoms with Gasteiger partial charge in [-0.3, -0.25) is 0 Å². The average Bonchev–Trinajstić information content (AvgIpc) is 2.53. The van der Waals surface area contributed by atoms with Crippen LogP contribution in [-0.2, 0) is 4.74 Å². The number of ether oxygens (including phenoxy) is 2. The molecule has 0 unspecified atom stereocenters. The SMILES string of the molecule is C=COCCCNC1c2ccccc2Oc2ccccc21. The van der Waals surface area contributed by atoms with E-state index in [-0.39, 0.29) is 6.04 Å².